The lowest BCUT2D eigenvalue weighted by Gasteiger charge is -2.38. The van der Waals surface area contributed by atoms with E-state index in [0.717, 1.165) is 25.0 Å². The van der Waals surface area contributed by atoms with Crippen LogP contribution in [0.1, 0.15) is 47.5 Å². The van der Waals surface area contributed by atoms with Crippen molar-refractivity contribution in [1.29, 1.82) is 0 Å². The third-order valence-electron chi connectivity index (χ3n) is 3.77. The Labute approximate surface area is 101 Å². The van der Waals surface area contributed by atoms with E-state index in [-0.39, 0.29) is 0 Å². The first-order valence-corrected chi connectivity index (χ1v) is 6.91. The minimum absolute atomic E-state index is 0.471. The van der Waals surface area contributed by atoms with Gasteiger partial charge in [0.2, 0.25) is 0 Å². The molecule has 2 heteroatoms. The van der Waals surface area contributed by atoms with Gasteiger partial charge in [-0.05, 0) is 37.1 Å². The van der Waals surface area contributed by atoms with Crippen LogP contribution in [0.15, 0.2) is 0 Å². The smallest absolute Gasteiger partial charge is 0.0601 e. The Kier molecular flexibility index (Phi) is 5.77. The van der Waals surface area contributed by atoms with Gasteiger partial charge in [-0.15, -0.1) is 0 Å². The van der Waals surface area contributed by atoms with E-state index in [4.69, 9.17) is 4.74 Å². The second-order valence-electron chi connectivity index (χ2n) is 5.77. The van der Waals surface area contributed by atoms with Crippen molar-refractivity contribution < 1.29 is 4.74 Å². The predicted molar refractivity (Wildman–Crippen MR) is 69.6 cm³/mol. The van der Waals surface area contributed by atoms with Crippen molar-refractivity contribution >= 4 is 0 Å². The summed E-state index contributed by atoms with van der Waals surface area (Å²) in [7, 11) is 0. The van der Waals surface area contributed by atoms with Gasteiger partial charge >= 0.3 is 0 Å². The fraction of sp³-hybridized carbons (Fsp3) is 1.00. The van der Waals surface area contributed by atoms with Crippen molar-refractivity contribution in [2.75, 3.05) is 13.2 Å². The maximum atomic E-state index is 5.85. The lowest BCUT2D eigenvalue weighted by atomic mass is 9.81. The van der Waals surface area contributed by atoms with Crippen molar-refractivity contribution in [1.82, 2.24) is 5.32 Å². The highest BCUT2D eigenvalue weighted by atomic mass is 16.5. The van der Waals surface area contributed by atoms with Gasteiger partial charge in [0.25, 0.3) is 0 Å². The minimum atomic E-state index is 0.471. The molecular formula is C14H29NO. The Morgan fingerprint density at radius 1 is 1.25 bits per heavy atom. The maximum Gasteiger partial charge on any atom is 0.0601 e. The summed E-state index contributed by atoms with van der Waals surface area (Å²) in [6.07, 6.45) is 2.92. The Bertz CT molecular complexity index is 191. The zero-order chi connectivity index (χ0) is 12.1. The highest BCUT2D eigenvalue weighted by molar-refractivity contribution is 4.84. The van der Waals surface area contributed by atoms with Crippen molar-refractivity contribution in [3.05, 3.63) is 0 Å². The molecule has 1 aliphatic heterocycles. The predicted octanol–water partition coefficient (Wildman–Crippen LogP) is 3.07. The summed E-state index contributed by atoms with van der Waals surface area (Å²) < 4.78 is 5.85. The zero-order valence-electron chi connectivity index (χ0n) is 11.6. The molecule has 1 heterocycles. The van der Waals surface area contributed by atoms with Crippen molar-refractivity contribution in [3.8, 4) is 0 Å². The van der Waals surface area contributed by atoms with Crippen LogP contribution in [0.5, 0.6) is 0 Å². The Hall–Kier alpha value is -0.0800. The minimum Gasteiger partial charge on any atom is -0.378 e. The molecule has 0 spiro atoms. The molecule has 1 fully saturated rings. The molecule has 1 rings (SSSR count). The standard InChI is InChI=1S/C14H29NO/c1-6-15-14(11(4)5)12-7-8-16-13(9-12)10(2)3/h10-15H,6-9H2,1-5H3. The molecule has 0 saturated carbocycles. The molecule has 96 valence electrons. The van der Waals surface area contributed by atoms with Crippen LogP contribution in [0.3, 0.4) is 0 Å². The number of nitrogens with one attached hydrogen (secondary N) is 1. The summed E-state index contributed by atoms with van der Waals surface area (Å²) >= 11 is 0. The fourth-order valence-electron chi connectivity index (χ4n) is 2.83. The first kappa shape index (κ1) is 14.0. The van der Waals surface area contributed by atoms with Crippen molar-refractivity contribution in [2.45, 2.75) is 59.6 Å². The van der Waals surface area contributed by atoms with Crippen LogP contribution in [0.4, 0.5) is 0 Å². The highest BCUT2D eigenvalue weighted by Crippen LogP contribution is 2.29. The van der Waals surface area contributed by atoms with E-state index in [1.807, 2.05) is 0 Å². The van der Waals surface area contributed by atoms with Crippen LogP contribution in [0.25, 0.3) is 0 Å². The summed E-state index contributed by atoms with van der Waals surface area (Å²) in [5.74, 6) is 2.16. The van der Waals surface area contributed by atoms with Crippen LogP contribution in [-0.4, -0.2) is 25.3 Å². The van der Waals surface area contributed by atoms with Gasteiger partial charge in [0.05, 0.1) is 6.10 Å². The molecule has 0 aromatic carbocycles. The lowest BCUT2D eigenvalue weighted by molar-refractivity contribution is -0.0441. The average molecular weight is 227 g/mol. The molecule has 1 saturated heterocycles. The second-order valence-corrected chi connectivity index (χ2v) is 5.77. The summed E-state index contributed by atoms with van der Waals surface area (Å²) in [6, 6.07) is 0.662. The SMILES string of the molecule is CCNC(C(C)C)C1CCOC(C(C)C)C1. The van der Waals surface area contributed by atoms with Gasteiger partial charge in [-0.25, -0.2) is 0 Å². The molecule has 0 aliphatic carbocycles. The molecule has 0 aromatic rings. The van der Waals surface area contributed by atoms with E-state index >= 15 is 0 Å². The topological polar surface area (TPSA) is 21.3 Å². The molecular weight excluding hydrogens is 198 g/mol. The van der Waals surface area contributed by atoms with Crippen LogP contribution < -0.4 is 5.32 Å². The first-order chi connectivity index (χ1) is 7.56. The van der Waals surface area contributed by atoms with Gasteiger partial charge in [0, 0.05) is 12.6 Å². The molecule has 0 bridgehead atoms. The molecule has 1 N–H and O–H groups in total. The molecule has 0 amide bonds. The largest absolute Gasteiger partial charge is 0.378 e. The van der Waals surface area contributed by atoms with E-state index in [0.29, 0.717) is 18.1 Å². The van der Waals surface area contributed by atoms with Gasteiger partial charge in [-0.3, -0.25) is 0 Å². The Morgan fingerprint density at radius 3 is 2.44 bits per heavy atom. The molecule has 2 nitrogen and oxygen atoms in total. The van der Waals surface area contributed by atoms with E-state index in [1.165, 1.54) is 12.8 Å². The third-order valence-corrected chi connectivity index (χ3v) is 3.77. The van der Waals surface area contributed by atoms with Gasteiger partial charge in [0.15, 0.2) is 0 Å². The maximum absolute atomic E-state index is 5.85. The lowest BCUT2D eigenvalue weighted by Crippen LogP contribution is -2.45. The van der Waals surface area contributed by atoms with Crippen LogP contribution in [0.2, 0.25) is 0 Å². The molecule has 3 unspecified atom stereocenters. The second kappa shape index (κ2) is 6.61. The number of ether oxygens (including phenoxy) is 1. The number of hydrogen-bond acceptors (Lipinski definition) is 2. The monoisotopic (exact) mass is 227 g/mol. The fourth-order valence-corrected chi connectivity index (χ4v) is 2.83. The summed E-state index contributed by atoms with van der Waals surface area (Å²) in [5.41, 5.74) is 0. The van der Waals surface area contributed by atoms with E-state index in [1.54, 1.807) is 0 Å². The highest BCUT2D eigenvalue weighted by Gasteiger charge is 2.31. The van der Waals surface area contributed by atoms with Gasteiger partial charge in [-0.2, -0.15) is 0 Å². The normalized spacial score (nSPS) is 28.7. The van der Waals surface area contributed by atoms with E-state index in [9.17, 15) is 0 Å². The van der Waals surface area contributed by atoms with Crippen molar-refractivity contribution in [3.63, 3.8) is 0 Å². The molecule has 16 heavy (non-hydrogen) atoms. The first-order valence-electron chi connectivity index (χ1n) is 6.91. The van der Waals surface area contributed by atoms with Gasteiger partial charge in [-0.1, -0.05) is 34.6 Å². The zero-order valence-corrected chi connectivity index (χ0v) is 11.6. The quantitative estimate of drug-likeness (QED) is 0.779. The van der Waals surface area contributed by atoms with Crippen LogP contribution >= 0.6 is 0 Å². The van der Waals surface area contributed by atoms with Crippen molar-refractivity contribution in [2.24, 2.45) is 17.8 Å². The third kappa shape index (κ3) is 3.74. The number of rotatable bonds is 5. The molecule has 1 aliphatic rings. The van der Waals surface area contributed by atoms with Gasteiger partial charge in [0.1, 0.15) is 0 Å². The van der Waals surface area contributed by atoms with Crippen LogP contribution in [0, 0.1) is 17.8 Å². The summed E-state index contributed by atoms with van der Waals surface area (Å²) in [5, 5.41) is 3.66. The Morgan fingerprint density at radius 2 is 1.94 bits per heavy atom. The molecule has 3 atom stereocenters. The van der Waals surface area contributed by atoms with E-state index < -0.39 is 0 Å². The number of hydrogen-bond donors (Lipinski definition) is 1. The average Bonchev–Trinajstić information content (AvgIpc) is 2.25. The molecule has 0 radical (unpaired) electrons. The summed E-state index contributed by atoms with van der Waals surface area (Å²) in [4.78, 5) is 0. The van der Waals surface area contributed by atoms with Gasteiger partial charge < -0.3 is 10.1 Å². The summed E-state index contributed by atoms with van der Waals surface area (Å²) in [6.45, 7) is 13.4. The Balaban J connectivity index is 2.55. The van der Waals surface area contributed by atoms with E-state index in [2.05, 4.69) is 39.9 Å². The van der Waals surface area contributed by atoms with Crippen LogP contribution in [-0.2, 0) is 4.74 Å². The molecule has 0 aromatic heterocycles.